The van der Waals surface area contributed by atoms with E-state index in [1.165, 1.54) is 5.56 Å². The van der Waals surface area contributed by atoms with Crippen molar-refractivity contribution < 1.29 is 9.53 Å². The molecule has 4 nitrogen and oxygen atoms in total. The number of morpholine rings is 1. The number of hydrogen-bond donors (Lipinski definition) is 1. The van der Waals surface area contributed by atoms with E-state index < -0.39 is 0 Å². The lowest BCUT2D eigenvalue weighted by Gasteiger charge is -2.33. The molecule has 1 unspecified atom stereocenters. The summed E-state index contributed by atoms with van der Waals surface area (Å²) >= 11 is 0. The summed E-state index contributed by atoms with van der Waals surface area (Å²) in [4.78, 5) is 14.4. The maximum atomic E-state index is 11.9. The Kier molecular flexibility index (Phi) is 6.87. The lowest BCUT2D eigenvalue weighted by Crippen LogP contribution is -2.48. The molecule has 1 aromatic rings. The molecule has 1 aliphatic rings. The van der Waals surface area contributed by atoms with Crippen LogP contribution in [0.15, 0.2) is 30.3 Å². The van der Waals surface area contributed by atoms with E-state index in [4.69, 9.17) is 4.74 Å². The van der Waals surface area contributed by atoms with Gasteiger partial charge in [-0.25, -0.2) is 0 Å². The zero-order chi connectivity index (χ0) is 15.8. The van der Waals surface area contributed by atoms with Crippen molar-refractivity contribution in [3.8, 4) is 0 Å². The average molecular weight is 304 g/mol. The maximum absolute atomic E-state index is 11.9. The molecule has 1 N–H and O–H groups in total. The molecule has 1 atom stereocenters. The molecule has 0 aliphatic carbocycles. The zero-order valence-electron chi connectivity index (χ0n) is 13.8. The predicted octanol–water partition coefficient (Wildman–Crippen LogP) is 2.09. The maximum Gasteiger partial charge on any atom is 0.220 e. The highest BCUT2D eigenvalue weighted by Gasteiger charge is 2.21. The molecule has 0 saturated carbocycles. The lowest BCUT2D eigenvalue weighted by molar-refractivity contribution is -0.122. The van der Waals surface area contributed by atoms with Crippen molar-refractivity contribution in [2.45, 2.75) is 32.8 Å². The standard InChI is InChI=1S/C18H28N2O2/c1-15(2)13-20-10-11-22-17(14-20)12-19-18(21)9-8-16-6-4-3-5-7-16/h3-7,15,17H,8-14H2,1-2H3,(H,19,21). The fourth-order valence-corrected chi connectivity index (χ4v) is 2.80. The van der Waals surface area contributed by atoms with Gasteiger partial charge >= 0.3 is 0 Å². The van der Waals surface area contributed by atoms with Gasteiger partial charge < -0.3 is 10.1 Å². The minimum absolute atomic E-state index is 0.105. The second kappa shape index (κ2) is 8.91. The van der Waals surface area contributed by atoms with Crippen LogP contribution in [0, 0.1) is 5.92 Å². The normalized spacial score (nSPS) is 19.3. The molecule has 0 spiro atoms. The van der Waals surface area contributed by atoms with Gasteiger partial charge in [0.25, 0.3) is 0 Å². The van der Waals surface area contributed by atoms with Crippen molar-refractivity contribution in [1.29, 1.82) is 0 Å². The smallest absolute Gasteiger partial charge is 0.220 e. The number of ether oxygens (including phenoxy) is 1. The molecule has 22 heavy (non-hydrogen) atoms. The third-order valence-corrected chi connectivity index (χ3v) is 3.86. The van der Waals surface area contributed by atoms with Gasteiger partial charge in [0.05, 0.1) is 12.7 Å². The Morgan fingerprint density at radius 3 is 2.86 bits per heavy atom. The highest BCUT2D eigenvalue weighted by Crippen LogP contribution is 2.08. The van der Waals surface area contributed by atoms with Gasteiger partial charge in [0.2, 0.25) is 5.91 Å². The first-order chi connectivity index (χ1) is 10.6. The number of hydrogen-bond acceptors (Lipinski definition) is 3. The molecule has 0 radical (unpaired) electrons. The van der Waals surface area contributed by atoms with Gasteiger partial charge in [0, 0.05) is 32.6 Å². The number of rotatable bonds is 7. The van der Waals surface area contributed by atoms with E-state index in [9.17, 15) is 4.79 Å². The Morgan fingerprint density at radius 1 is 1.36 bits per heavy atom. The summed E-state index contributed by atoms with van der Waals surface area (Å²) in [5, 5.41) is 3.01. The van der Waals surface area contributed by atoms with Crippen LogP contribution in [-0.4, -0.2) is 49.7 Å². The van der Waals surface area contributed by atoms with E-state index in [2.05, 4.69) is 36.2 Å². The lowest BCUT2D eigenvalue weighted by atomic mass is 10.1. The molecule has 2 rings (SSSR count). The summed E-state index contributed by atoms with van der Waals surface area (Å²) in [5.41, 5.74) is 1.20. The van der Waals surface area contributed by atoms with E-state index in [1.54, 1.807) is 0 Å². The molecular formula is C18H28N2O2. The Balaban J connectivity index is 1.65. The topological polar surface area (TPSA) is 41.6 Å². The third-order valence-electron chi connectivity index (χ3n) is 3.86. The van der Waals surface area contributed by atoms with Crippen LogP contribution >= 0.6 is 0 Å². The van der Waals surface area contributed by atoms with Gasteiger partial charge in [-0.2, -0.15) is 0 Å². The van der Waals surface area contributed by atoms with Crippen molar-refractivity contribution in [3.63, 3.8) is 0 Å². The quantitative estimate of drug-likeness (QED) is 0.839. The Labute approximate surface area is 133 Å². The van der Waals surface area contributed by atoms with E-state index in [1.807, 2.05) is 18.2 Å². The van der Waals surface area contributed by atoms with Crippen molar-refractivity contribution in [1.82, 2.24) is 10.2 Å². The fourth-order valence-electron chi connectivity index (χ4n) is 2.80. The number of amides is 1. The minimum atomic E-state index is 0.105. The van der Waals surface area contributed by atoms with Crippen LogP contribution in [0.4, 0.5) is 0 Å². The second-order valence-corrected chi connectivity index (χ2v) is 6.44. The SMILES string of the molecule is CC(C)CN1CCOC(CNC(=O)CCc2ccccc2)C1. The Morgan fingerprint density at radius 2 is 2.14 bits per heavy atom. The fraction of sp³-hybridized carbons (Fsp3) is 0.611. The minimum Gasteiger partial charge on any atom is -0.374 e. The van der Waals surface area contributed by atoms with Crippen LogP contribution in [0.2, 0.25) is 0 Å². The molecule has 1 fully saturated rings. The number of benzene rings is 1. The molecule has 1 heterocycles. The van der Waals surface area contributed by atoms with E-state index in [0.717, 1.165) is 32.7 Å². The first-order valence-corrected chi connectivity index (χ1v) is 8.28. The van der Waals surface area contributed by atoms with Crippen molar-refractivity contribution >= 4 is 5.91 Å². The highest BCUT2D eigenvalue weighted by molar-refractivity contribution is 5.76. The van der Waals surface area contributed by atoms with Gasteiger partial charge in [-0.3, -0.25) is 9.69 Å². The molecule has 1 amide bonds. The molecule has 1 aliphatic heterocycles. The van der Waals surface area contributed by atoms with Gasteiger partial charge in [-0.15, -0.1) is 0 Å². The van der Waals surface area contributed by atoms with Crippen LogP contribution < -0.4 is 5.32 Å². The number of carbonyl (C=O) groups excluding carboxylic acids is 1. The van der Waals surface area contributed by atoms with Crippen molar-refractivity contribution in [2.75, 3.05) is 32.8 Å². The molecule has 1 saturated heterocycles. The van der Waals surface area contributed by atoms with Gasteiger partial charge in [-0.05, 0) is 17.9 Å². The zero-order valence-corrected chi connectivity index (χ0v) is 13.8. The van der Waals surface area contributed by atoms with Crippen LogP contribution in [0.25, 0.3) is 0 Å². The first kappa shape index (κ1) is 17.0. The van der Waals surface area contributed by atoms with Gasteiger partial charge in [0.1, 0.15) is 0 Å². The molecule has 4 heteroatoms. The molecular weight excluding hydrogens is 276 g/mol. The molecule has 1 aromatic carbocycles. The third kappa shape index (κ3) is 6.16. The summed E-state index contributed by atoms with van der Waals surface area (Å²) in [7, 11) is 0. The van der Waals surface area contributed by atoms with Crippen molar-refractivity contribution in [3.05, 3.63) is 35.9 Å². The second-order valence-electron chi connectivity index (χ2n) is 6.44. The highest BCUT2D eigenvalue weighted by atomic mass is 16.5. The van der Waals surface area contributed by atoms with Crippen LogP contribution in [-0.2, 0) is 16.0 Å². The van der Waals surface area contributed by atoms with Crippen LogP contribution in [0.5, 0.6) is 0 Å². The average Bonchev–Trinajstić information content (AvgIpc) is 2.52. The van der Waals surface area contributed by atoms with Crippen molar-refractivity contribution in [2.24, 2.45) is 5.92 Å². The molecule has 0 bridgehead atoms. The van der Waals surface area contributed by atoms with Gasteiger partial charge in [0.15, 0.2) is 0 Å². The summed E-state index contributed by atoms with van der Waals surface area (Å²) < 4.78 is 5.75. The van der Waals surface area contributed by atoms with E-state index >= 15 is 0 Å². The Hall–Kier alpha value is -1.39. The van der Waals surface area contributed by atoms with E-state index in [-0.39, 0.29) is 12.0 Å². The Bertz CT molecular complexity index is 448. The first-order valence-electron chi connectivity index (χ1n) is 8.28. The number of carbonyl (C=O) groups is 1. The number of aryl methyl sites for hydroxylation is 1. The summed E-state index contributed by atoms with van der Waals surface area (Å²) in [6.45, 7) is 8.85. The monoisotopic (exact) mass is 304 g/mol. The largest absolute Gasteiger partial charge is 0.374 e. The summed E-state index contributed by atoms with van der Waals surface area (Å²) in [6, 6.07) is 10.1. The summed E-state index contributed by atoms with van der Waals surface area (Å²) in [6.07, 6.45) is 1.44. The molecule has 0 aromatic heterocycles. The number of nitrogens with one attached hydrogen (secondary N) is 1. The van der Waals surface area contributed by atoms with Gasteiger partial charge in [-0.1, -0.05) is 44.2 Å². The van der Waals surface area contributed by atoms with E-state index in [0.29, 0.717) is 18.9 Å². The summed E-state index contributed by atoms with van der Waals surface area (Å²) in [5.74, 6) is 0.771. The number of nitrogens with zero attached hydrogens (tertiary/aromatic N) is 1. The predicted molar refractivity (Wildman–Crippen MR) is 88.8 cm³/mol. The van der Waals surface area contributed by atoms with Crippen LogP contribution in [0.3, 0.4) is 0 Å². The van der Waals surface area contributed by atoms with Crippen LogP contribution in [0.1, 0.15) is 25.8 Å². The molecule has 122 valence electrons.